The number of hydrogen-bond donors (Lipinski definition) is 2. The molecule has 1 heterocycles. The second kappa shape index (κ2) is 7.19. The maximum absolute atomic E-state index is 11.9. The Hall–Kier alpha value is -2.69. The second-order valence-corrected chi connectivity index (χ2v) is 4.57. The lowest BCUT2D eigenvalue weighted by Crippen LogP contribution is -2.34. The van der Waals surface area contributed by atoms with Gasteiger partial charge < -0.3 is 10.6 Å². The van der Waals surface area contributed by atoms with E-state index in [4.69, 9.17) is 0 Å². The van der Waals surface area contributed by atoms with Gasteiger partial charge in [0.1, 0.15) is 0 Å². The Morgan fingerprint density at radius 2 is 1.71 bits per heavy atom. The molecule has 108 valence electrons. The Kier molecular flexibility index (Phi) is 5.04. The van der Waals surface area contributed by atoms with Crippen LogP contribution in [0.2, 0.25) is 0 Å². The van der Waals surface area contributed by atoms with E-state index in [0.29, 0.717) is 24.2 Å². The summed E-state index contributed by atoms with van der Waals surface area (Å²) in [6, 6.07) is 10.8. The van der Waals surface area contributed by atoms with Gasteiger partial charge in [0.2, 0.25) is 0 Å². The molecule has 2 aromatic rings. The number of amides is 2. The fraction of sp³-hybridized carbons (Fsp3) is 0.188. The number of hydrogen-bond acceptors (Lipinski definition) is 3. The molecule has 5 nitrogen and oxygen atoms in total. The summed E-state index contributed by atoms with van der Waals surface area (Å²) in [5.41, 5.74) is 2.08. The van der Waals surface area contributed by atoms with Crippen molar-refractivity contribution < 1.29 is 9.59 Å². The van der Waals surface area contributed by atoms with Gasteiger partial charge in [0, 0.05) is 31.0 Å². The Morgan fingerprint density at radius 3 is 2.38 bits per heavy atom. The van der Waals surface area contributed by atoms with Gasteiger partial charge in [-0.25, -0.2) is 0 Å². The normalized spacial score (nSPS) is 9.95. The minimum atomic E-state index is -0.201. The van der Waals surface area contributed by atoms with E-state index in [0.717, 1.165) is 5.56 Å². The molecule has 0 bridgehead atoms. The molecular formula is C16H17N3O2. The van der Waals surface area contributed by atoms with Crippen LogP contribution in [-0.4, -0.2) is 29.9 Å². The van der Waals surface area contributed by atoms with Crippen molar-refractivity contribution in [3.8, 4) is 0 Å². The molecule has 2 amide bonds. The van der Waals surface area contributed by atoms with E-state index in [1.807, 2.05) is 25.1 Å². The molecule has 2 N–H and O–H groups in total. The van der Waals surface area contributed by atoms with Gasteiger partial charge in [-0.2, -0.15) is 0 Å². The molecule has 0 atom stereocenters. The molecular weight excluding hydrogens is 266 g/mol. The predicted octanol–water partition coefficient (Wildman–Crippen LogP) is 1.55. The maximum Gasteiger partial charge on any atom is 0.252 e. The van der Waals surface area contributed by atoms with Crippen molar-refractivity contribution in [2.24, 2.45) is 0 Å². The largest absolute Gasteiger partial charge is 0.350 e. The molecule has 1 aromatic carbocycles. The van der Waals surface area contributed by atoms with E-state index in [1.54, 1.807) is 24.4 Å². The SMILES string of the molecule is Cc1ccccc1C(=O)NCCNC(=O)c1cccnc1. The van der Waals surface area contributed by atoms with Crippen molar-refractivity contribution >= 4 is 11.8 Å². The molecule has 0 saturated heterocycles. The number of nitrogens with zero attached hydrogens (tertiary/aromatic N) is 1. The molecule has 1 aromatic heterocycles. The maximum atomic E-state index is 11.9. The Morgan fingerprint density at radius 1 is 1.00 bits per heavy atom. The molecule has 0 spiro atoms. The number of benzene rings is 1. The van der Waals surface area contributed by atoms with Crippen molar-refractivity contribution in [3.05, 3.63) is 65.5 Å². The van der Waals surface area contributed by atoms with Crippen molar-refractivity contribution in [2.45, 2.75) is 6.92 Å². The number of aryl methyl sites for hydroxylation is 1. The van der Waals surface area contributed by atoms with Crippen LogP contribution in [0, 0.1) is 6.92 Å². The third kappa shape index (κ3) is 4.14. The first-order valence-corrected chi connectivity index (χ1v) is 6.70. The first-order valence-electron chi connectivity index (χ1n) is 6.70. The van der Waals surface area contributed by atoms with Crippen molar-refractivity contribution in [2.75, 3.05) is 13.1 Å². The highest BCUT2D eigenvalue weighted by atomic mass is 16.2. The molecule has 0 saturated carbocycles. The topological polar surface area (TPSA) is 71.1 Å². The monoisotopic (exact) mass is 283 g/mol. The smallest absolute Gasteiger partial charge is 0.252 e. The summed E-state index contributed by atoms with van der Waals surface area (Å²) in [6.07, 6.45) is 3.11. The highest BCUT2D eigenvalue weighted by molar-refractivity contribution is 5.96. The average molecular weight is 283 g/mol. The van der Waals surface area contributed by atoms with Crippen LogP contribution in [0.4, 0.5) is 0 Å². The second-order valence-electron chi connectivity index (χ2n) is 4.57. The van der Waals surface area contributed by atoms with E-state index in [-0.39, 0.29) is 11.8 Å². The van der Waals surface area contributed by atoms with Crippen LogP contribution in [0.3, 0.4) is 0 Å². The number of aromatic nitrogens is 1. The summed E-state index contributed by atoms with van der Waals surface area (Å²) >= 11 is 0. The van der Waals surface area contributed by atoms with Gasteiger partial charge >= 0.3 is 0 Å². The van der Waals surface area contributed by atoms with Gasteiger partial charge in [-0.3, -0.25) is 14.6 Å². The van der Waals surface area contributed by atoms with Gasteiger partial charge in [0.05, 0.1) is 5.56 Å². The van der Waals surface area contributed by atoms with Crippen LogP contribution >= 0.6 is 0 Å². The molecule has 21 heavy (non-hydrogen) atoms. The molecule has 0 aliphatic heterocycles. The van der Waals surface area contributed by atoms with Crippen LogP contribution in [0.25, 0.3) is 0 Å². The number of nitrogens with one attached hydrogen (secondary N) is 2. The lowest BCUT2D eigenvalue weighted by molar-refractivity contribution is 0.0927. The van der Waals surface area contributed by atoms with Crippen LogP contribution < -0.4 is 10.6 Å². The third-order valence-corrected chi connectivity index (χ3v) is 3.01. The number of pyridine rings is 1. The van der Waals surface area contributed by atoms with E-state index in [9.17, 15) is 9.59 Å². The van der Waals surface area contributed by atoms with Crippen LogP contribution in [0.5, 0.6) is 0 Å². The molecule has 0 fully saturated rings. The molecule has 2 rings (SSSR count). The molecule has 0 aliphatic rings. The summed E-state index contributed by atoms with van der Waals surface area (Å²) in [4.78, 5) is 27.6. The van der Waals surface area contributed by atoms with E-state index in [2.05, 4.69) is 15.6 Å². The highest BCUT2D eigenvalue weighted by Crippen LogP contribution is 2.05. The summed E-state index contributed by atoms with van der Waals surface area (Å²) in [6.45, 7) is 2.63. The molecule has 0 aliphatic carbocycles. The van der Waals surface area contributed by atoms with Gasteiger partial charge in [-0.1, -0.05) is 18.2 Å². The molecule has 5 heteroatoms. The number of carbonyl (C=O) groups is 2. The minimum Gasteiger partial charge on any atom is -0.350 e. The lowest BCUT2D eigenvalue weighted by Gasteiger charge is -2.08. The standard InChI is InChI=1S/C16H17N3O2/c1-12-5-2-3-7-14(12)16(21)19-10-9-18-15(20)13-6-4-8-17-11-13/h2-8,11H,9-10H2,1H3,(H,18,20)(H,19,21). The number of rotatable bonds is 5. The minimum absolute atomic E-state index is 0.135. The zero-order valence-electron chi connectivity index (χ0n) is 11.8. The van der Waals surface area contributed by atoms with Gasteiger partial charge in [-0.15, -0.1) is 0 Å². The predicted molar refractivity (Wildman–Crippen MR) is 80.1 cm³/mol. The van der Waals surface area contributed by atoms with E-state index in [1.165, 1.54) is 6.20 Å². The Bertz CT molecular complexity index is 626. The third-order valence-electron chi connectivity index (χ3n) is 3.01. The van der Waals surface area contributed by atoms with E-state index >= 15 is 0 Å². The molecule has 0 radical (unpaired) electrons. The van der Waals surface area contributed by atoms with Gasteiger partial charge in [-0.05, 0) is 30.7 Å². The highest BCUT2D eigenvalue weighted by Gasteiger charge is 2.08. The summed E-state index contributed by atoms with van der Waals surface area (Å²) in [5.74, 6) is -0.336. The fourth-order valence-electron chi connectivity index (χ4n) is 1.87. The van der Waals surface area contributed by atoms with Crippen molar-refractivity contribution in [1.29, 1.82) is 0 Å². The Balaban J connectivity index is 1.76. The summed E-state index contributed by atoms with van der Waals surface area (Å²) in [7, 11) is 0. The lowest BCUT2D eigenvalue weighted by atomic mass is 10.1. The van der Waals surface area contributed by atoms with Crippen LogP contribution in [0.15, 0.2) is 48.8 Å². The van der Waals surface area contributed by atoms with Gasteiger partial charge in [0.15, 0.2) is 0 Å². The van der Waals surface area contributed by atoms with Crippen molar-refractivity contribution in [3.63, 3.8) is 0 Å². The van der Waals surface area contributed by atoms with E-state index < -0.39 is 0 Å². The van der Waals surface area contributed by atoms with Crippen molar-refractivity contribution in [1.82, 2.24) is 15.6 Å². The summed E-state index contributed by atoms with van der Waals surface area (Å²) < 4.78 is 0. The van der Waals surface area contributed by atoms with Crippen LogP contribution in [-0.2, 0) is 0 Å². The molecule has 0 unspecified atom stereocenters. The first-order chi connectivity index (χ1) is 10.2. The van der Waals surface area contributed by atoms with Crippen LogP contribution in [0.1, 0.15) is 26.3 Å². The zero-order valence-corrected chi connectivity index (χ0v) is 11.8. The number of carbonyl (C=O) groups excluding carboxylic acids is 2. The fourth-order valence-corrected chi connectivity index (χ4v) is 1.87. The average Bonchev–Trinajstić information content (AvgIpc) is 2.52. The summed E-state index contributed by atoms with van der Waals surface area (Å²) in [5, 5.41) is 5.50. The zero-order chi connectivity index (χ0) is 15.1. The first kappa shape index (κ1) is 14.7. The van der Waals surface area contributed by atoms with Gasteiger partial charge in [0.25, 0.3) is 11.8 Å². The Labute approximate surface area is 123 Å². The quantitative estimate of drug-likeness (QED) is 0.818.